The van der Waals surface area contributed by atoms with Crippen molar-refractivity contribution < 1.29 is 10.2 Å². The van der Waals surface area contributed by atoms with Gasteiger partial charge in [-0.05, 0) is 37.0 Å². The Labute approximate surface area is 93.0 Å². The molecule has 0 amide bonds. The number of rotatable bonds is 2. The molecule has 0 spiro atoms. The summed E-state index contributed by atoms with van der Waals surface area (Å²) in [6.07, 6.45) is 5.18. The van der Waals surface area contributed by atoms with Crippen LogP contribution >= 0.6 is 0 Å². The van der Waals surface area contributed by atoms with Crippen LogP contribution in [0.15, 0.2) is 12.2 Å². The lowest BCUT2D eigenvalue weighted by molar-refractivity contribution is 0.00742. The third-order valence-electron chi connectivity index (χ3n) is 3.52. The molecule has 0 aromatic rings. The standard InChI is InChI=1S/C13H24O2/c1-9-7-11(15)8-13(3,4)12(9)6-5-10(2)14/h5-6,9-12,14-15H,7-8H2,1-4H3. The Kier molecular flexibility index (Phi) is 3.96. The fourth-order valence-electron chi connectivity index (χ4n) is 2.90. The molecule has 2 nitrogen and oxygen atoms in total. The Balaban J connectivity index is 2.76. The average molecular weight is 212 g/mol. The number of aliphatic hydroxyl groups excluding tert-OH is 2. The molecule has 2 heteroatoms. The summed E-state index contributed by atoms with van der Waals surface area (Å²) in [6, 6.07) is 0. The van der Waals surface area contributed by atoms with Crippen molar-refractivity contribution in [1.29, 1.82) is 0 Å². The second-order valence-electron chi connectivity index (χ2n) is 5.71. The normalized spacial score (nSPS) is 38.1. The van der Waals surface area contributed by atoms with Gasteiger partial charge in [0.25, 0.3) is 0 Å². The number of allylic oxidation sites excluding steroid dienone is 1. The average Bonchev–Trinajstić information content (AvgIpc) is 1.98. The van der Waals surface area contributed by atoms with Crippen LogP contribution in [0, 0.1) is 17.3 Å². The molecule has 0 saturated heterocycles. The fraction of sp³-hybridized carbons (Fsp3) is 0.846. The molecule has 4 atom stereocenters. The SMILES string of the molecule is CC(O)C=CC1C(C)CC(O)CC1(C)C. The van der Waals surface area contributed by atoms with Gasteiger partial charge < -0.3 is 10.2 Å². The summed E-state index contributed by atoms with van der Waals surface area (Å²) in [5.74, 6) is 0.939. The lowest BCUT2D eigenvalue weighted by Crippen LogP contribution is -2.38. The van der Waals surface area contributed by atoms with Crippen LogP contribution in [0.3, 0.4) is 0 Å². The summed E-state index contributed by atoms with van der Waals surface area (Å²) in [4.78, 5) is 0. The van der Waals surface area contributed by atoms with E-state index in [4.69, 9.17) is 0 Å². The summed E-state index contributed by atoms with van der Waals surface area (Å²) in [7, 11) is 0. The molecule has 0 aliphatic heterocycles. The van der Waals surface area contributed by atoms with E-state index in [0.717, 1.165) is 12.8 Å². The highest BCUT2D eigenvalue weighted by atomic mass is 16.3. The molecule has 1 aliphatic carbocycles. The van der Waals surface area contributed by atoms with Crippen LogP contribution in [-0.2, 0) is 0 Å². The Morgan fingerprint density at radius 1 is 1.40 bits per heavy atom. The minimum Gasteiger partial charge on any atom is -0.393 e. The van der Waals surface area contributed by atoms with Crippen LogP contribution in [0.25, 0.3) is 0 Å². The molecule has 0 bridgehead atoms. The fourth-order valence-corrected chi connectivity index (χ4v) is 2.90. The van der Waals surface area contributed by atoms with Crippen molar-refractivity contribution in [1.82, 2.24) is 0 Å². The first kappa shape index (κ1) is 12.7. The summed E-state index contributed by atoms with van der Waals surface area (Å²) < 4.78 is 0. The lowest BCUT2D eigenvalue weighted by Gasteiger charge is -2.43. The molecule has 0 aromatic heterocycles. The summed E-state index contributed by atoms with van der Waals surface area (Å²) in [5.41, 5.74) is 0.127. The quantitative estimate of drug-likeness (QED) is 0.690. The van der Waals surface area contributed by atoms with Gasteiger partial charge in [0, 0.05) is 0 Å². The van der Waals surface area contributed by atoms with Crippen LogP contribution in [0.2, 0.25) is 0 Å². The molecule has 0 heterocycles. The highest BCUT2D eigenvalue weighted by Gasteiger charge is 2.38. The van der Waals surface area contributed by atoms with Crippen molar-refractivity contribution in [2.45, 2.75) is 52.7 Å². The van der Waals surface area contributed by atoms with Gasteiger partial charge in [-0.3, -0.25) is 0 Å². The molecule has 1 saturated carbocycles. The van der Waals surface area contributed by atoms with Crippen LogP contribution in [-0.4, -0.2) is 22.4 Å². The van der Waals surface area contributed by atoms with Crippen molar-refractivity contribution in [3.63, 3.8) is 0 Å². The van der Waals surface area contributed by atoms with E-state index in [9.17, 15) is 10.2 Å². The van der Waals surface area contributed by atoms with E-state index in [-0.39, 0.29) is 17.6 Å². The van der Waals surface area contributed by atoms with Crippen LogP contribution in [0.1, 0.15) is 40.5 Å². The minimum absolute atomic E-state index is 0.127. The van der Waals surface area contributed by atoms with Crippen molar-refractivity contribution >= 4 is 0 Å². The maximum absolute atomic E-state index is 9.74. The van der Waals surface area contributed by atoms with E-state index in [1.165, 1.54) is 0 Å². The van der Waals surface area contributed by atoms with Gasteiger partial charge in [0.05, 0.1) is 12.2 Å². The van der Waals surface area contributed by atoms with Gasteiger partial charge in [-0.25, -0.2) is 0 Å². The molecule has 1 rings (SSSR count). The van der Waals surface area contributed by atoms with E-state index in [2.05, 4.69) is 26.8 Å². The van der Waals surface area contributed by atoms with E-state index >= 15 is 0 Å². The predicted octanol–water partition coefficient (Wildman–Crippen LogP) is 2.36. The minimum atomic E-state index is -0.375. The number of aliphatic hydroxyl groups is 2. The van der Waals surface area contributed by atoms with Crippen molar-refractivity contribution in [3.05, 3.63) is 12.2 Å². The van der Waals surface area contributed by atoms with Gasteiger partial charge >= 0.3 is 0 Å². The highest BCUT2D eigenvalue weighted by molar-refractivity contribution is 5.02. The topological polar surface area (TPSA) is 40.5 Å². The molecular weight excluding hydrogens is 188 g/mol. The third kappa shape index (κ3) is 3.32. The third-order valence-corrected chi connectivity index (χ3v) is 3.52. The van der Waals surface area contributed by atoms with E-state index in [1.54, 1.807) is 6.92 Å². The summed E-state index contributed by atoms with van der Waals surface area (Å²) >= 11 is 0. The Bertz CT molecular complexity index is 231. The molecule has 88 valence electrons. The first-order valence-corrected chi connectivity index (χ1v) is 5.87. The molecule has 0 radical (unpaired) electrons. The maximum atomic E-state index is 9.74. The maximum Gasteiger partial charge on any atom is 0.0692 e. The number of hydrogen-bond acceptors (Lipinski definition) is 2. The van der Waals surface area contributed by atoms with E-state index < -0.39 is 0 Å². The first-order chi connectivity index (χ1) is 6.83. The monoisotopic (exact) mass is 212 g/mol. The zero-order valence-corrected chi connectivity index (χ0v) is 10.3. The molecule has 1 aliphatic rings. The van der Waals surface area contributed by atoms with E-state index in [1.807, 2.05) is 6.08 Å². The van der Waals surface area contributed by atoms with Crippen molar-refractivity contribution in [2.24, 2.45) is 17.3 Å². The molecule has 0 aromatic carbocycles. The second-order valence-corrected chi connectivity index (χ2v) is 5.71. The molecule has 15 heavy (non-hydrogen) atoms. The highest BCUT2D eigenvalue weighted by Crippen LogP contribution is 2.44. The van der Waals surface area contributed by atoms with Crippen molar-refractivity contribution in [2.75, 3.05) is 0 Å². The number of hydrogen-bond donors (Lipinski definition) is 2. The van der Waals surface area contributed by atoms with Gasteiger partial charge in [0.1, 0.15) is 0 Å². The Morgan fingerprint density at radius 2 is 2.00 bits per heavy atom. The molecular formula is C13H24O2. The summed E-state index contributed by atoms with van der Waals surface area (Å²) in [5, 5.41) is 19.0. The Morgan fingerprint density at radius 3 is 2.47 bits per heavy atom. The zero-order chi connectivity index (χ0) is 11.6. The van der Waals surface area contributed by atoms with Gasteiger partial charge in [0.15, 0.2) is 0 Å². The predicted molar refractivity (Wildman–Crippen MR) is 62.5 cm³/mol. The van der Waals surface area contributed by atoms with Crippen molar-refractivity contribution in [3.8, 4) is 0 Å². The first-order valence-electron chi connectivity index (χ1n) is 5.87. The van der Waals surface area contributed by atoms with Gasteiger partial charge in [-0.15, -0.1) is 0 Å². The molecule has 2 N–H and O–H groups in total. The van der Waals surface area contributed by atoms with Gasteiger partial charge in [-0.1, -0.05) is 32.9 Å². The largest absolute Gasteiger partial charge is 0.393 e. The van der Waals surface area contributed by atoms with Gasteiger partial charge in [-0.2, -0.15) is 0 Å². The lowest BCUT2D eigenvalue weighted by atomic mass is 9.63. The van der Waals surface area contributed by atoms with E-state index in [0.29, 0.717) is 11.8 Å². The van der Waals surface area contributed by atoms with Crippen LogP contribution in [0.4, 0.5) is 0 Å². The molecule has 1 fully saturated rings. The van der Waals surface area contributed by atoms with Crippen LogP contribution in [0.5, 0.6) is 0 Å². The van der Waals surface area contributed by atoms with Gasteiger partial charge in [0.2, 0.25) is 0 Å². The van der Waals surface area contributed by atoms with Crippen LogP contribution < -0.4 is 0 Å². The Hall–Kier alpha value is -0.340. The second kappa shape index (κ2) is 4.67. The smallest absolute Gasteiger partial charge is 0.0692 e. The summed E-state index contributed by atoms with van der Waals surface area (Å²) in [6.45, 7) is 8.35. The zero-order valence-electron chi connectivity index (χ0n) is 10.3. The molecule has 4 unspecified atom stereocenters.